The fourth-order valence-electron chi connectivity index (χ4n) is 2.23. The number of fused-ring (bicyclic) bond motifs is 1. The van der Waals surface area contributed by atoms with E-state index in [0.717, 1.165) is 23.2 Å². The molecule has 3 aromatic rings. The molecule has 0 saturated heterocycles. The molecule has 0 fully saturated rings. The number of carbonyl (C=O) groups is 1. The Balaban J connectivity index is 1.58. The molecule has 2 N–H and O–H groups in total. The number of aromatic amines is 1. The summed E-state index contributed by atoms with van der Waals surface area (Å²) < 4.78 is 42.7. The molecule has 5 nitrogen and oxygen atoms in total. The minimum absolute atomic E-state index is 0.0674. The highest BCUT2D eigenvalue weighted by molar-refractivity contribution is 7.99. The number of anilines is 1. The van der Waals surface area contributed by atoms with E-state index in [1.54, 1.807) is 25.3 Å². The molecule has 0 atom stereocenters. The van der Waals surface area contributed by atoms with Gasteiger partial charge in [-0.25, -0.2) is 4.98 Å². The number of hydrogen-bond donors (Lipinski definition) is 2. The van der Waals surface area contributed by atoms with Crippen LogP contribution in [0.2, 0.25) is 0 Å². The number of methoxy groups -OCH3 is 1. The SMILES string of the molecule is COc1ccc2nc(SCC(=O)Nc3ccc(C(F)(F)F)cc3)[nH]c2c1. The molecular formula is C17H14F3N3O2S. The number of nitrogens with one attached hydrogen (secondary N) is 2. The molecule has 1 heterocycles. The Kier molecular flexibility index (Phi) is 5.08. The van der Waals surface area contributed by atoms with Crippen molar-refractivity contribution in [2.45, 2.75) is 11.3 Å². The number of ether oxygens (including phenoxy) is 1. The van der Waals surface area contributed by atoms with Crippen LogP contribution < -0.4 is 10.1 Å². The number of hydrogen-bond acceptors (Lipinski definition) is 4. The number of H-pyrrole nitrogens is 1. The zero-order valence-electron chi connectivity index (χ0n) is 13.6. The zero-order chi connectivity index (χ0) is 18.7. The Hall–Kier alpha value is -2.68. The minimum atomic E-state index is -4.40. The van der Waals surface area contributed by atoms with Crippen molar-refractivity contribution in [1.82, 2.24) is 9.97 Å². The quantitative estimate of drug-likeness (QED) is 0.646. The molecule has 0 spiro atoms. The topological polar surface area (TPSA) is 67.0 Å². The molecule has 0 aliphatic carbocycles. The standard InChI is InChI=1S/C17H14F3N3O2S/c1-25-12-6-7-13-14(8-12)23-16(22-13)26-9-15(24)21-11-4-2-10(3-5-11)17(18,19)20/h2-8H,9H2,1H3,(H,21,24)(H,22,23). The lowest BCUT2D eigenvalue weighted by molar-refractivity contribution is -0.137. The number of amides is 1. The number of carbonyl (C=O) groups excluding carboxylic acids is 1. The van der Waals surface area contributed by atoms with Gasteiger partial charge in [-0.05, 0) is 36.4 Å². The maximum atomic E-state index is 12.5. The highest BCUT2D eigenvalue weighted by atomic mass is 32.2. The number of aromatic nitrogens is 2. The lowest BCUT2D eigenvalue weighted by atomic mass is 10.2. The smallest absolute Gasteiger partial charge is 0.416 e. The summed E-state index contributed by atoms with van der Waals surface area (Å²) >= 11 is 1.19. The van der Waals surface area contributed by atoms with Crippen LogP contribution in [0, 0.1) is 0 Å². The number of thioether (sulfide) groups is 1. The van der Waals surface area contributed by atoms with Gasteiger partial charge >= 0.3 is 6.18 Å². The third-order valence-corrected chi connectivity index (χ3v) is 4.38. The summed E-state index contributed by atoms with van der Waals surface area (Å²) in [5, 5.41) is 3.12. The van der Waals surface area contributed by atoms with Crippen LogP contribution in [0.1, 0.15) is 5.56 Å². The van der Waals surface area contributed by atoms with Gasteiger partial charge < -0.3 is 15.0 Å². The Morgan fingerprint density at radius 2 is 1.96 bits per heavy atom. The molecular weight excluding hydrogens is 367 g/mol. The predicted octanol–water partition coefficient (Wildman–Crippen LogP) is 4.32. The first-order valence-electron chi connectivity index (χ1n) is 7.49. The van der Waals surface area contributed by atoms with Gasteiger partial charge in [0.25, 0.3) is 0 Å². The molecule has 136 valence electrons. The number of rotatable bonds is 5. The van der Waals surface area contributed by atoms with Crippen molar-refractivity contribution >= 4 is 34.4 Å². The summed E-state index contributed by atoms with van der Waals surface area (Å²) in [6, 6.07) is 9.68. The van der Waals surface area contributed by atoms with Crippen molar-refractivity contribution in [3.63, 3.8) is 0 Å². The largest absolute Gasteiger partial charge is 0.497 e. The van der Waals surface area contributed by atoms with Crippen LogP contribution in [0.4, 0.5) is 18.9 Å². The normalized spacial score (nSPS) is 11.5. The van der Waals surface area contributed by atoms with Crippen molar-refractivity contribution in [1.29, 1.82) is 0 Å². The predicted molar refractivity (Wildman–Crippen MR) is 93.4 cm³/mol. The van der Waals surface area contributed by atoms with Crippen molar-refractivity contribution in [3.05, 3.63) is 48.0 Å². The number of imidazole rings is 1. The average molecular weight is 381 g/mol. The fraction of sp³-hybridized carbons (Fsp3) is 0.176. The molecule has 9 heteroatoms. The first kappa shape index (κ1) is 18.1. The van der Waals surface area contributed by atoms with Crippen molar-refractivity contribution in [2.24, 2.45) is 0 Å². The molecule has 1 amide bonds. The fourth-order valence-corrected chi connectivity index (χ4v) is 2.92. The number of nitrogens with zero attached hydrogens (tertiary/aromatic N) is 1. The summed E-state index contributed by atoms with van der Waals surface area (Å²) in [4.78, 5) is 19.4. The Morgan fingerprint density at radius 3 is 2.62 bits per heavy atom. The van der Waals surface area contributed by atoms with Gasteiger partial charge in [-0.2, -0.15) is 13.2 Å². The molecule has 1 aromatic heterocycles. The summed E-state index contributed by atoms with van der Waals surface area (Å²) in [6.45, 7) is 0. The van der Waals surface area contributed by atoms with Crippen molar-refractivity contribution in [2.75, 3.05) is 18.2 Å². The molecule has 0 aliphatic heterocycles. The number of alkyl halides is 3. The van der Waals surface area contributed by atoms with E-state index in [9.17, 15) is 18.0 Å². The second kappa shape index (κ2) is 7.28. The van der Waals surface area contributed by atoms with Crippen LogP contribution >= 0.6 is 11.8 Å². The molecule has 0 saturated carbocycles. The van der Waals surface area contributed by atoms with E-state index >= 15 is 0 Å². The van der Waals surface area contributed by atoms with Crippen LogP contribution in [0.15, 0.2) is 47.6 Å². The van der Waals surface area contributed by atoms with Crippen LogP contribution in [0.3, 0.4) is 0 Å². The highest BCUT2D eigenvalue weighted by Crippen LogP contribution is 2.30. The van der Waals surface area contributed by atoms with E-state index < -0.39 is 11.7 Å². The van der Waals surface area contributed by atoms with E-state index in [4.69, 9.17) is 4.74 Å². The first-order valence-corrected chi connectivity index (χ1v) is 8.47. The summed E-state index contributed by atoms with van der Waals surface area (Å²) in [5.41, 5.74) is 1.08. The van der Waals surface area contributed by atoms with E-state index in [1.807, 2.05) is 0 Å². The number of benzene rings is 2. The lowest BCUT2D eigenvalue weighted by Gasteiger charge is -2.08. The maximum absolute atomic E-state index is 12.5. The second-order valence-corrected chi connectivity index (χ2v) is 6.30. The van der Waals surface area contributed by atoms with Crippen LogP contribution in [-0.2, 0) is 11.0 Å². The Morgan fingerprint density at radius 1 is 1.23 bits per heavy atom. The zero-order valence-corrected chi connectivity index (χ0v) is 14.4. The Bertz CT molecular complexity index is 923. The molecule has 26 heavy (non-hydrogen) atoms. The third-order valence-electron chi connectivity index (χ3n) is 3.50. The van der Waals surface area contributed by atoms with Gasteiger partial charge in [0.2, 0.25) is 5.91 Å². The van der Waals surface area contributed by atoms with Gasteiger partial charge in [0, 0.05) is 11.8 Å². The van der Waals surface area contributed by atoms with Crippen molar-refractivity contribution < 1.29 is 22.7 Å². The van der Waals surface area contributed by atoms with E-state index in [1.165, 1.54) is 23.9 Å². The van der Waals surface area contributed by atoms with Gasteiger partial charge in [0.1, 0.15) is 5.75 Å². The van der Waals surface area contributed by atoms with Gasteiger partial charge in [-0.15, -0.1) is 0 Å². The van der Waals surface area contributed by atoms with Crippen LogP contribution in [-0.4, -0.2) is 28.7 Å². The Labute approximate surface area is 151 Å². The monoisotopic (exact) mass is 381 g/mol. The number of halogens is 3. The van der Waals surface area contributed by atoms with Crippen molar-refractivity contribution in [3.8, 4) is 5.75 Å². The third kappa shape index (κ3) is 4.29. The molecule has 3 rings (SSSR count). The molecule has 2 aromatic carbocycles. The second-order valence-electron chi connectivity index (χ2n) is 5.34. The average Bonchev–Trinajstić information content (AvgIpc) is 3.01. The van der Waals surface area contributed by atoms with E-state index in [-0.39, 0.29) is 11.7 Å². The molecule has 0 aliphatic rings. The van der Waals surface area contributed by atoms with Gasteiger partial charge in [0.15, 0.2) is 5.16 Å². The molecule has 0 unspecified atom stereocenters. The van der Waals surface area contributed by atoms with Gasteiger partial charge in [-0.1, -0.05) is 11.8 Å². The summed E-state index contributed by atoms with van der Waals surface area (Å²) in [5.74, 6) is 0.420. The highest BCUT2D eigenvalue weighted by Gasteiger charge is 2.29. The van der Waals surface area contributed by atoms with E-state index in [0.29, 0.717) is 16.6 Å². The first-order chi connectivity index (χ1) is 12.3. The van der Waals surface area contributed by atoms with Crippen LogP contribution in [0.25, 0.3) is 11.0 Å². The minimum Gasteiger partial charge on any atom is -0.497 e. The van der Waals surface area contributed by atoms with Gasteiger partial charge in [0.05, 0.1) is 29.5 Å². The summed E-state index contributed by atoms with van der Waals surface area (Å²) in [7, 11) is 1.57. The molecule has 0 bridgehead atoms. The van der Waals surface area contributed by atoms with Crippen LogP contribution in [0.5, 0.6) is 5.75 Å². The maximum Gasteiger partial charge on any atom is 0.416 e. The van der Waals surface area contributed by atoms with Gasteiger partial charge in [-0.3, -0.25) is 4.79 Å². The summed E-state index contributed by atoms with van der Waals surface area (Å²) in [6.07, 6.45) is -4.40. The molecule has 0 radical (unpaired) electrons. The lowest BCUT2D eigenvalue weighted by Crippen LogP contribution is -2.14. The van der Waals surface area contributed by atoms with E-state index in [2.05, 4.69) is 15.3 Å².